The summed E-state index contributed by atoms with van der Waals surface area (Å²) in [4.78, 5) is 31.9. The van der Waals surface area contributed by atoms with Crippen LogP contribution in [0.5, 0.6) is 0 Å². The number of methoxy groups -OCH3 is 1. The Labute approximate surface area is 154 Å². The molecule has 0 N–H and O–H groups in total. The van der Waals surface area contributed by atoms with Gasteiger partial charge in [-0.1, -0.05) is 31.9 Å². The molecule has 1 amide bonds. The van der Waals surface area contributed by atoms with Crippen LogP contribution in [0, 0.1) is 0 Å². The van der Waals surface area contributed by atoms with Crippen molar-refractivity contribution in [2.45, 2.75) is 45.6 Å². The molecule has 1 unspecified atom stereocenters. The minimum atomic E-state index is -0.304. The van der Waals surface area contributed by atoms with Gasteiger partial charge in [-0.2, -0.15) is 0 Å². The second-order valence-corrected chi connectivity index (χ2v) is 6.56. The van der Waals surface area contributed by atoms with Crippen molar-refractivity contribution >= 4 is 16.8 Å². The lowest BCUT2D eigenvalue weighted by Gasteiger charge is -2.30. The number of carbonyl (C=O) groups is 1. The smallest absolute Gasteiger partial charge is 0.261 e. The molecule has 0 aliphatic carbocycles. The number of aromatic nitrogens is 2. The number of rotatable bonds is 9. The van der Waals surface area contributed by atoms with Crippen molar-refractivity contribution < 1.29 is 9.53 Å². The quantitative estimate of drug-likeness (QED) is 0.646. The molecule has 1 aromatic heterocycles. The number of fused-ring (bicyclic) bond motifs is 1. The molecule has 1 aromatic carbocycles. The first kappa shape index (κ1) is 20.1. The molecule has 1 heterocycles. The molecule has 0 spiro atoms. The first-order chi connectivity index (χ1) is 12.5. The van der Waals surface area contributed by atoms with Gasteiger partial charge in [0.25, 0.3) is 5.56 Å². The number of hydrogen-bond donors (Lipinski definition) is 0. The molecule has 2 aromatic rings. The molecule has 6 heteroatoms. The fraction of sp³-hybridized carbons (Fsp3) is 0.550. The van der Waals surface area contributed by atoms with Gasteiger partial charge >= 0.3 is 0 Å². The van der Waals surface area contributed by atoms with E-state index in [0.717, 1.165) is 19.3 Å². The van der Waals surface area contributed by atoms with Crippen LogP contribution in [0.3, 0.4) is 0 Å². The second-order valence-electron chi connectivity index (χ2n) is 6.56. The summed E-state index contributed by atoms with van der Waals surface area (Å²) in [6.07, 6.45) is 3.48. The SMILES string of the molecule is CCCCCC(=O)N(CCOC)C(C)c1nc2ccccc2c(=O)n1C. The van der Waals surface area contributed by atoms with Gasteiger partial charge in [0.2, 0.25) is 5.91 Å². The number of ether oxygens (including phenoxy) is 1. The van der Waals surface area contributed by atoms with Gasteiger partial charge < -0.3 is 9.64 Å². The summed E-state index contributed by atoms with van der Waals surface area (Å²) in [7, 11) is 3.33. The summed E-state index contributed by atoms with van der Waals surface area (Å²) in [6, 6.07) is 6.99. The number of amides is 1. The number of carbonyl (C=O) groups excluding carboxylic acids is 1. The monoisotopic (exact) mass is 359 g/mol. The Hall–Kier alpha value is -2.21. The molecule has 0 saturated heterocycles. The summed E-state index contributed by atoms with van der Waals surface area (Å²) in [5.41, 5.74) is 0.560. The molecule has 0 radical (unpaired) electrons. The van der Waals surface area contributed by atoms with Gasteiger partial charge in [0.15, 0.2) is 0 Å². The van der Waals surface area contributed by atoms with Crippen LogP contribution >= 0.6 is 0 Å². The molecule has 26 heavy (non-hydrogen) atoms. The third-order valence-corrected chi connectivity index (χ3v) is 4.71. The number of para-hydroxylation sites is 1. The Morgan fingerprint density at radius 2 is 2.04 bits per heavy atom. The van der Waals surface area contributed by atoms with E-state index in [1.54, 1.807) is 29.7 Å². The van der Waals surface area contributed by atoms with Gasteiger partial charge in [0, 0.05) is 27.1 Å². The molecule has 0 aliphatic rings. The highest BCUT2D eigenvalue weighted by molar-refractivity contribution is 5.78. The van der Waals surface area contributed by atoms with Crippen LogP contribution in [0.15, 0.2) is 29.1 Å². The number of hydrogen-bond acceptors (Lipinski definition) is 4. The van der Waals surface area contributed by atoms with Gasteiger partial charge in [0.05, 0.1) is 23.6 Å². The van der Waals surface area contributed by atoms with Crippen LogP contribution in [0.25, 0.3) is 10.9 Å². The molecule has 0 aliphatic heterocycles. The standard InChI is InChI=1S/C20H29N3O3/c1-5-6-7-12-18(24)23(13-14-26-4)15(2)19-21-17-11-9-8-10-16(17)20(25)22(19)3/h8-11,15H,5-7,12-14H2,1-4H3. The van der Waals surface area contributed by atoms with Crippen LogP contribution in [0.2, 0.25) is 0 Å². The molecule has 0 fully saturated rings. The van der Waals surface area contributed by atoms with E-state index in [-0.39, 0.29) is 17.5 Å². The summed E-state index contributed by atoms with van der Waals surface area (Å²) < 4.78 is 6.72. The van der Waals surface area contributed by atoms with Crippen LogP contribution in [-0.2, 0) is 16.6 Å². The zero-order valence-corrected chi connectivity index (χ0v) is 16.2. The Bertz CT molecular complexity index is 800. The minimum absolute atomic E-state index is 0.0745. The van der Waals surface area contributed by atoms with E-state index in [4.69, 9.17) is 4.74 Å². The van der Waals surface area contributed by atoms with E-state index in [1.807, 2.05) is 25.1 Å². The third-order valence-electron chi connectivity index (χ3n) is 4.71. The highest BCUT2D eigenvalue weighted by atomic mass is 16.5. The van der Waals surface area contributed by atoms with Gasteiger partial charge in [-0.3, -0.25) is 14.2 Å². The van der Waals surface area contributed by atoms with Crippen LogP contribution < -0.4 is 5.56 Å². The van der Waals surface area contributed by atoms with Crippen molar-refractivity contribution in [2.75, 3.05) is 20.3 Å². The van der Waals surface area contributed by atoms with Crippen molar-refractivity contribution in [3.8, 4) is 0 Å². The van der Waals surface area contributed by atoms with Gasteiger partial charge in [0.1, 0.15) is 5.82 Å². The summed E-state index contributed by atoms with van der Waals surface area (Å²) in [5.74, 6) is 0.666. The molecule has 2 rings (SSSR count). The number of benzene rings is 1. The van der Waals surface area contributed by atoms with Gasteiger partial charge in [-0.05, 0) is 25.5 Å². The fourth-order valence-electron chi connectivity index (χ4n) is 3.14. The Kier molecular flexibility index (Phi) is 7.33. The fourth-order valence-corrected chi connectivity index (χ4v) is 3.14. The van der Waals surface area contributed by atoms with Crippen molar-refractivity contribution in [1.82, 2.24) is 14.5 Å². The van der Waals surface area contributed by atoms with Crippen LogP contribution in [0.4, 0.5) is 0 Å². The zero-order chi connectivity index (χ0) is 19.1. The predicted octanol–water partition coefficient (Wildman–Crippen LogP) is 3.05. The second kappa shape index (κ2) is 9.48. The molecule has 1 atom stereocenters. The number of unbranched alkanes of at least 4 members (excludes halogenated alkanes) is 2. The summed E-state index contributed by atoms with van der Waals surface area (Å²) >= 11 is 0. The Morgan fingerprint density at radius 3 is 2.73 bits per heavy atom. The van der Waals surface area contributed by atoms with E-state index in [9.17, 15) is 9.59 Å². The highest BCUT2D eigenvalue weighted by Gasteiger charge is 2.24. The molecular weight excluding hydrogens is 330 g/mol. The van der Waals surface area contributed by atoms with Gasteiger partial charge in [-0.15, -0.1) is 0 Å². The molecule has 6 nitrogen and oxygen atoms in total. The van der Waals surface area contributed by atoms with Crippen molar-refractivity contribution in [3.63, 3.8) is 0 Å². The maximum atomic E-state index is 12.8. The number of nitrogens with zero attached hydrogens (tertiary/aromatic N) is 3. The average Bonchev–Trinajstić information content (AvgIpc) is 2.65. The third kappa shape index (κ3) is 4.49. The Morgan fingerprint density at radius 1 is 1.31 bits per heavy atom. The van der Waals surface area contributed by atoms with Crippen molar-refractivity contribution in [1.29, 1.82) is 0 Å². The molecule has 142 valence electrons. The topological polar surface area (TPSA) is 64.4 Å². The van der Waals surface area contributed by atoms with E-state index >= 15 is 0 Å². The summed E-state index contributed by atoms with van der Waals surface area (Å²) in [6.45, 7) is 4.96. The van der Waals surface area contributed by atoms with Gasteiger partial charge in [-0.25, -0.2) is 4.98 Å². The first-order valence-corrected chi connectivity index (χ1v) is 9.25. The predicted molar refractivity (Wildman–Crippen MR) is 103 cm³/mol. The average molecular weight is 359 g/mol. The minimum Gasteiger partial charge on any atom is -0.383 e. The first-order valence-electron chi connectivity index (χ1n) is 9.25. The lowest BCUT2D eigenvalue weighted by Crippen LogP contribution is -2.39. The van der Waals surface area contributed by atoms with Crippen molar-refractivity contribution in [2.24, 2.45) is 7.05 Å². The maximum Gasteiger partial charge on any atom is 0.261 e. The lowest BCUT2D eigenvalue weighted by molar-refractivity contribution is -0.134. The summed E-state index contributed by atoms with van der Waals surface area (Å²) in [5, 5.41) is 0.587. The van der Waals surface area contributed by atoms with E-state index in [2.05, 4.69) is 11.9 Å². The van der Waals surface area contributed by atoms with E-state index < -0.39 is 0 Å². The molecule has 0 saturated carbocycles. The van der Waals surface area contributed by atoms with Crippen molar-refractivity contribution in [3.05, 3.63) is 40.4 Å². The maximum absolute atomic E-state index is 12.8. The molecular formula is C20H29N3O3. The lowest BCUT2D eigenvalue weighted by atomic mass is 10.1. The highest BCUT2D eigenvalue weighted by Crippen LogP contribution is 2.21. The van der Waals surface area contributed by atoms with Crippen LogP contribution in [-0.4, -0.2) is 40.6 Å². The van der Waals surface area contributed by atoms with E-state index in [0.29, 0.717) is 36.3 Å². The molecule has 0 bridgehead atoms. The normalized spacial score (nSPS) is 12.3. The zero-order valence-electron chi connectivity index (χ0n) is 16.2. The van der Waals surface area contributed by atoms with Crippen LogP contribution in [0.1, 0.15) is 51.4 Å². The van der Waals surface area contributed by atoms with E-state index in [1.165, 1.54) is 0 Å². The Balaban J connectivity index is 2.36. The largest absolute Gasteiger partial charge is 0.383 e.